The van der Waals surface area contributed by atoms with Crippen molar-refractivity contribution in [2.75, 3.05) is 0 Å². The summed E-state index contributed by atoms with van der Waals surface area (Å²) in [5.41, 5.74) is -1.84. The molecular formula is C14H17ClFNO4. The van der Waals surface area contributed by atoms with Crippen molar-refractivity contribution in [2.24, 2.45) is 0 Å². The zero-order valence-electron chi connectivity index (χ0n) is 12.2. The van der Waals surface area contributed by atoms with Crippen molar-refractivity contribution in [2.45, 2.75) is 45.8 Å². The molecule has 1 aromatic heterocycles. The number of ether oxygens (including phenoxy) is 1. The first-order chi connectivity index (χ1) is 9.57. The first-order valence-corrected chi connectivity index (χ1v) is 6.76. The molecule has 1 unspecified atom stereocenters. The highest BCUT2D eigenvalue weighted by Crippen LogP contribution is 2.28. The van der Waals surface area contributed by atoms with Crippen LogP contribution in [0.1, 0.15) is 50.2 Å². The molecule has 0 bridgehead atoms. The summed E-state index contributed by atoms with van der Waals surface area (Å²) in [4.78, 5) is 26.9. The zero-order valence-corrected chi connectivity index (χ0v) is 13.0. The zero-order chi connectivity index (χ0) is 16.4. The summed E-state index contributed by atoms with van der Waals surface area (Å²) >= 11 is 5.67. The molecule has 1 rings (SSSR count). The van der Waals surface area contributed by atoms with Gasteiger partial charge in [-0.1, -0.05) is 18.5 Å². The predicted molar refractivity (Wildman–Crippen MR) is 74.6 cm³/mol. The van der Waals surface area contributed by atoms with Crippen LogP contribution in [0, 0.1) is 5.82 Å². The van der Waals surface area contributed by atoms with Crippen molar-refractivity contribution in [1.82, 2.24) is 4.98 Å². The van der Waals surface area contributed by atoms with Crippen molar-refractivity contribution in [1.29, 1.82) is 0 Å². The van der Waals surface area contributed by atoms with Gasteiger partial charge in [0, 0.05) is 12.5 Å². The number of hydrogen-bond acceptors (Lipinski definition) is 5. The Labute approximate surface area is 127 Å². The maximum atomic E-state index is 13.9. The maximum absolute atomic E-state index is 13.9. The second-order valence-corrected chi connectivity index (χ2v) is 5.45. The van der Waals surface area contributed by atoms with E-state index in [1.807, 2.05) is 0 Å². The second kappa shape index (κ2) is 6.49. The molecule has 0 saturated heterocycles. The molecular weight excluding hydrogens is 301 g/mol. The molecule has 0 radical (unpaired) electrons. The Balaban J connectivity index is 3.28. The molecule has 0 aliphatic rings. The third kappa shape index (κ3) is 4.22. The molecule has 1 aromatic rings. The molecule has 5 nitrogen and oxygen atoms in total. The highest BCUT2D eigenvalue weighted by atomic mass is 35.5. The number of nitrogens with zero attached hydrogens (tertiary/aromatic N) is 1. The number of hydrogen-bond donors (Lipinski definition) is 1. The van der Waals surface area contributed by atoms with E-state index in [-0.39, 0.29) is 17.7 Å². The number of halogens is 2. The maximum Gasteiger partial charge on any atom is 0.303 e. The Morgan fingerprint density at radius 2 is 2.10 bits per heavy atom. The van der Waals surface area contributed by atoms with E-state index < -0.39 is 34.4 Å². The van der Waals surface area contributed by atoms with Gasteiger partial charge in [-0.2, -0.15) is 0 Å². The van der Waals surface area contributed by atoms with Crippen LogP contribution in [0.4, 0.5) is 4.39 Å². The van der Waals surface area contributed by atoms with Crippen LogP contribution in [-0.2, 0) is 15.1 Å². The van der Waals surface area contributed by atoms with Gasteiger partial charge in [-0.05, 0) is 26.3 Å². The summed E-state index contributed by atoms with van der Waals surface area (Å²) in [5.74, 6) is -2.09. The minimum atomic E-state index is -1.53. The van der Waals surface area contributed by atoms with Crippen molar-refractivity contribution < 1.29 is 23.8 Å². The lowest BCUT2D eigenvalue weighted by atomic mass is 9.96. The van der Waals surface area contributed by atoms with Crippen LogP contribution in [0.5, 0.6) is 0 Å². The van der Waals surface area contributed by atoms with E-state index in [2.05, 4.69) is 4.98 Å². The molecule has 1 atom stereocenters. The Kier molecular flexibility index (Phi) is 5.42. The number of aromatic nitrogens is 1. The van der Waals surface area contributed by atoms with Crippen LogP contribution >= 0.6 is 11.6 Å². The molecule has 0 aromatic carbocycles. The SMILES string of the molecule is CCC(OC(C)=O)C(=O)c1cc(C(C)(C)O)c(F)c(Cl)n1. The van der Waals surface area contributed by atoms with E-state index in [1.54, 1.807) is 6.92 Å². The third-order valence-electron chi connectivity index (χ3n) is 2.80. The molecule has 0 amide bonds. The fourth-order valence-corrected chi connectivity index (χ4v) is 1.95. The van der Waals surface area contributed by atoms with E-state index in [0.717, 1.165) is 6.07 Å². The molecule has 0 aliphatic carbocycles. The first kappa shape index (κ1) is 17.5. The number of esters is 1. The van der Waals surface area contributed by atoms with E-state index >= 15 is 0 Å². The summed E-state index contributed by atoms with van der Waals surface area (Å²) in [6.45, 7) is 5.57. The highest BCUT2D eigenvalue weighted by molar-refractivity contribution is 6.29. The number of carbonyl (C=O) groups excluding carboxylic acids is 2. The number of Topliss-reactive ketones (excluding diaryl/α,β-unsaturated/α-hetero) is 1. The van der Waals surface area contributed by atoms with Crippen molar-refractivity contribution >= 4 is 23.4 Å². The number of carbonyl (C=O) groups is 2. The van der Waals surface area contributed by atoms with Crippen molar-refractivity contribution in [3.05, 3.63) is 28.3 Å². The number of aliphatic hydroxyl groups is 1. The van der Waals surface area contributed by atoms with E-state index in [0.29, 0.717) is 0 Å². The van der Waals surface area contributed by atoms with Crippen molar-refractivity contribution in [3.63, 3.8) is 0 Å². The second-order valence-electron chi connectivity index (χ2n) is 5.09. The Morgan fingerprint density at radius 1 is 1.52 bits per heavy atom. The minimum Gasteiger partial charge on any atom is -0.454 e. The summed E-state index contributed by atoms with van der Waals surface area (Å²) in [6.07, 6.45) is -0.779. The average Bonchev–Trinajstić information content (AvgIpc) is 2.36. The lowest BCUT2D eigenvalue weighted by Crippen LogP contribution is -2.28. The number of ketones is 1. The summed E-state index contributed by atoms with van der Waals surface area (Å²) in [7, 11) is 0. The predicted octanol–water partition coefficient (Wildman–Crippen LogP) is 2.63. The lowest BCUT2D eigenvalue weighted by Gasteiger charge is -2.20. The fourth-order valence-electron chi connectivity index (χ4n) is 1.76. The smallest absolute Gasteiger partial charge is 0.303 e. The van der Waals surface area contributed by atoms with Crippen LogP contribution in [0.2, 0.25) is 5.15 Å². The van der Waals surface area contributed by atoms with Gasteiger partial charge in [0.15, 0.2) is 17.1 Å². The average molecular weight is 318 g/mol. The van der Waals surface area contributed by atoms with Gasteiger partial charge in [-0.3, -0.25) is 9.59 Å². The topological polar surface area (TPSA) is 76.5 Å². The fraction of sp³-hybridized carbons (Fsp3) is 0.500. The third-order valence-corrected chi connectivity index (χ3v) is 3.05. The normalized spacial score (nSPS) is 12.9. The van der Waals surface area contributed by atoms with Gasteiger partial charge in [0.1, 0.15) is 5.69 Å². The lowest BCUT2D eigenvalue weighted by molar-refractivity contribution is -0.144. The molecule has 0 fully saturated rings. The van der Waals surface area contributed by atoms with Crippen LogP contribution in [0.3, 0.4) is 0 Å². The van der Waals surface area contributed by atoms with Gasteiger partial charge < -0.3 is 9.84 Å². The molecule has 116 valence electrons. The van der Waals surface area contributed by atoms with Gasteiger partial charge in [0.05, 0.1) is 5.60 Å². The summed E-state index contributed by atoms with van der Waals surface area (Å²) in [6, 6.07) is 1.12. The summed E-state index contributed by atoms with van der Waals surface area (Å²) in [5, 5.41) is 9.40. The molecule has 1 heterocycles. The molecule has 21 heavy (non-hydrogen) atoms. The van der Waals surface area contributed by atoms with Gasteiger partial charge in [-0.15, -0.1) is 0 Å². The first-order valence-electron chi connectivity index (χ1n) is 6.38. The largest absolute Gasteiger partial charge is 0.454 e. The van der Waals surface area contributed by atoms with Crippen LogP contribution in [-0.4, -0.2) is 27.9 Å². The monoisotopic (exact) mass is 317 g/mol. The van der Waals surface area contributed by atoms with E-state index in [1.165, 1.54) is 20.8 Å². The van der Waals surface area contributed by atoms with Gasteiger partial charge >= 0.3 is 5.97 Å². The van der Waals surface area contributed by atoms with Gasteiger partial charge in [-0.25, -0.2) is 9.37 Å². The van der Waals surface area contributed by atoms with Crippen LogP contribution in [0.15, 0.2) is 6.07 Å². The number of pyridine rings is 1. The van der Waals surface area contributed by atoms with Gasteiger partial charge in [0.2, 0.25) is 5.78 Å². The Bertz CT molecular complexity index is 569. The highest BCUT2D eigenvalue weighted by Gasteiger charge is 2.29. The molecule has 0 saturated carbocycles. The van der Waals surface area contributed by atoms with E-state index in [4.69, 9.17) is 16.3 Å². The van der Waals surface area contributed by atoms with Crippen molar-refractivity contribution in [3.8, 4) is 0 Å². The summed E-state index contributed by atoms with van der Waals surface area (Å²) < 4.78 is 18.8. The molecule has 0 spiro atoms. The van der Waals surface area contributed by atoms with Gasteiger partial charge in [0.25, 0.3) is 0 Å². The molecule has 0 aliphatic heterocycles. The Morgan fingerprint density at radius 3 is 2.52 bits per heavy atom. The van der Waals surface area contributed by atoms with Crippen LogP contribution in [0.25, 0.3) is 0 Å². The number of rotatable bonds is 5. The minimum absolute atomic E-state index is 0.150. The Hall–Kier alpha value is -1.53. The molecule has 7 heteroatoms. The standard InChI is InChI=1S/C14H17ClFNO4/c1-5-10(21-7(2)18)12(19)9-6-8(14(3,4)20)11(16)13(15)17-9/h6,10,20H,5H2,1-4H3. The quantitative estimate of drug-likeness (QED) is 0.513. The van der Waals surface area contributed by atoms with Crippen LogP contribution < -0.4 is 0 Å². The van der Waals surface area contributed by atoms with E-state index in [9.17, 15) is 19.1 Å². The molecule has 1 N–H and O–H groups in total.